The molecule has 0 aliphatic rings. The van der Waals surface area contributed by atoms with Gasteiger partial charge in [-0.15, -0.1) is 0 Å². The molecule has 0 spiro atoms. The molecule has 0 aliphatic carbocycles. The van der Waals surface area contributed by atoms with Gasteiger partial charge in [-0.3, -0.25) is 4.79 Å². The van der Waals surface area contributed by atoms with Crippen molar-refractivity contribution >= 4 is 33.5 Å². The molecule has 1 aromatic carbocycles. The van der Waals surface area contributed by atoms with E-state index in [1.54, 1.807) is 42.5 Å². The van der Waals surface area contributed by atoms with Gasteiger partial charge in [0.15, 0.2) is 0 Å². The second-order valence-corrected chi connectivity index (χ2v) is 4.68. The molecule has 0 bridgehead atoms. The summed E-state index contributed by atoms with van der Waals surface area (Å²) in [5, 5.41) is 2.67. The number of methoxy groups -OCH3 is 1. The number of carbonyl (C=O) groups is 2. The van der Waals surface area contributed by atoms with E-state index in [0.717, 1.165) is 0 Å². The van der Waals surface area contributed by atoms with Gasteiger partial charge in [0.05, 0.1) is 12.7 Å². The molecule has 0 radical (unpaired) electrons. The van der Waals surface area contributed by atoms with E-state index < -0.39 is 5.97 Å². The Hall–Kier alpha value is -2.21. The number of rotatable bonds is 3. The molecule has 1 heterocycles. The van der Waals surface area contributed by atoms with Crippen LogP contribution in [0.15, 0.2) is 47.1 Å². The predicted molar refractivity (Wildman–Crippen MR) is 77.7 cm³/mol. The van der Waals surface area contributed by atoms with Crippen LogP contribution in [0.5, 0.6) is 0 Å². The second-order valence-electron chi connectivity index (χ2n) is 3.87. The molecule has 1 N–H and O–H groups in total. The monoisotopic (exact) mass is 334 g/mol. The summed E-state index contributed by atoms with van der Waals surface area (Å²) >= 11 is 3.20. The van der Waals surface area contributed by atoms with Crippen LogP contribution >= 0.6 is 15.9 Å². The molecule has 0 unspecified atom stereocenters. The van der Waals surface area contributed by atoms with Crippen molar-refractivity contribution in [1.82, 2.24) is 4.98 Å². The fourth-order valence-corrected chi connectivity index (χ4v) is 1.92. The van der Waals surface area contributed by atoms with Crippen molar-refractivity contribution in [3.05, 3.63) is 58.3 Å². The van der Waals surface area contributed by atoms with Crippen LogP contribution in [0.25, 0.3) is 0 Å². The molecule has 2 rings (SSSR count). The van der Waals surface area contributed by atoms with Crippen molar-refractivity contribution in [2.24, 2.45) is 0 Å². The third-order valence-electron chi connectivity index (χ3n) is 2.49. The highest BCUT2D eigenvalue weighted by Crippen LogP contribution is 2.13. The highest BCUT2D eigenvalue weighted by molar-refractivity contribution is 9.10. The lowest BCUT2D eigenvalue weighted by molar-refractivity contribution is 0.0600. The van der Waals surface area contributed by atoms with E-state index in [2.05, 4.69) is 31.0 Å². The Balaban J connectivity index is 2.18. The van der Waals surface area contributed by atoms with Crippen LogP contribution in [0.2, 0.25) is 0 Å². The van der Waals surface area contributed by atoms with E-state index in [4.69, 9.17) is 0 Å². The molecule has 0 fully saturated rings. The van der Waals surface area contributed by atoms with E-state index in [1.165, 1.54) is 7.11 Å². The number of carbonyl (C=O) groups excluding carboxylic acids is 2. The zero-order chi connectivity index (χ0) is 14.5. The first-order valence-electron chi connectivity index (χ1n) is 5.72. The average molecular weight is 335 g/mol. The van der Waals surface area contributed by atoms with Crippen LogP contribution in [0.4, 0.5) is 5.69 Å². The molecular formula is C14H11BrN2O3. The van der Waals surface area contributed by atoms with Crippen LogP contribution in [0.3, 0.4) is 0 Å². The SMILES string of the molecule is COC(=O)c1cccc(NC(=O)c2cccc(Br)n2)c1. The van der Waals surface area contributed by atoms with E-state index >= 15 is 0 Å². The number of pyridine rings is 1. The van der Waals surface area contributed by atoms with Crippen molar-refractivity contribution in [2.45, 2.75) is 0 Å². The van der Waals surface area contributed by atoms with Crippen LogP contribution in [-0.2, 0) is 4.74 Å². The van der Waals surface area contributed by atoms with Crippen LogP contribution in [0.1, 0.15) is 20.8 Å². The van der Waals surface area contributed by atoms with Crippen molar-refractivity contribution in [3.8, 4) is 0 Å². The quantitative estimate of drug-likeness (QED) is 0.692. The molecule has 0 saturated heterocycles. The maximum absolute atomic E-state index is 12.0. The lowest BCUT2D eigenvalue weighted by Gasteiger charge is -2.06. The van der Waals surface area contributed by atoms with Gasteiger partial charge in [0, 0.05) is 5.69 Å². The van der Waals surface area contributed by atoms with Gasteiger partial charge in [0.25, 0.3) is 5.91 Å². The maximum atomic E-state index is 12.0. The van der Waals surface area contributed by atoms with Gasteiger partial charge in [-0.05, 0) is 46.3 Å². The van der Waals surface area contributed by atoms with Crippen LogP contribution in [0, 0.1) is 0 Å². The molecule has 102 valence electrons. The Morgan fingerprint density at radius 2 is 1.95 bits per heavy atom. The number of esters is 1. The molecule has 5 nitrogen and oxygen atoms in total. The topological polar surface area (TPSA) is 68.3 Å². The number of halogens is 1. The summed E-state index contributed by atoms with van der Waals surface area (Å²) in [6.07, 6.45) is 0. The lowest BCUT2D eigenvalue weighted by Crippen LogP contribution is -2.14. The first kappa shape index (κ1) is 14.2. The highest BCUT2D eigenvalue weighted by atomic mass is 79.9. The molecule has 0 aliphatic heterocycles. The lowest BCUT2D eigenvalue weighted by atomic mass is 10.2. The number of anilines is 1. The number of ether oxygens (including phenoxy) is 1. The highest BCUT2D eigenvalue weighted by Gasteiger charge is 2.10. The minimum atomic E-state index is -0.457. The third kappa shape index (κ3) is 3.42. The van der Waals surface area contributed by atoms with E-state index in [-0.39, 0.29) is 11.6 Å². The Morgan fingerprint density at radius 3 is 2.65 bits per heavy atom. The normalized spacial score (nSPS) is 9.90. The molecule has 6 heteroatoms. The first-order chi connectivity index (χ1) is 9.60. The van der Waals surface area contributed by atoms with Gasteiger partial charge < -0.3 is 10.1 Å². The van der Waals surface area contributed by atoms with Crippen molar-refractivity contribution < 1.29 is 14.3 Å². The summed E-state index contributed by atoms with van der Waals surface area (Å²) in [6, 6.07) is 11.6. The van der Waals surface area contributed by atoms with E-state index in [0.29, 0.717) is 15.9 Å². The van der Waals surface area contributed by atoms with Gasteiger partial charge in [0.1, 0.15) is 10.3 Å². The Morgan fingerprint density at radius 1 is 1.20 bits per heavy atom. The summed E-state index contributed by atoms with van der Waals surface area (Å²) in [4.78, 5) is 27.5. The average Bonchev–Trinajstić information content (AvgIpc) is 2.46. The van der Waals surface area contributed by atoms with Gasteiger partial charge in [0.2, 0.25) is 0 Å². The maximum Gasteiger partial charge on any atom is 0.337 e. The van der Waals surface area contributed by atoms with Gasteiger partial charge in [-0.25, -0.2) is 9.78 Å². The largest absolute Gasteiger partial charge is 0.465 e. The molecule has 0 saturated carbocycles. The fraction of sp³-hybridized carbons (Fsp3) is 0.0714. The van der Waals surface area contributed by atoms with Gasteiger partial charge >= 0.3 is 5.97 Å². The van der Waals surface area contributed by atoms with Crippen LogP contribution < -0.4 is 5.32 Å². The molecule has 1 amide bonds. The van der Waals surface area contributed by atoms with E-state index in [9.17, 15) is 9.59 Å². The molecule has 0 atom stereocenters. The van der Waals surface area contributed by atoms with E-state index in [1.807, 2.05) is 0 Å². The number of benzene rings is 1. The number of nitrogens with one attached hydrogen (secondary N) is 1. The van der Waals surface area contributed by atoms with Crippen LogP contribution in [-0.4, -0.2) is 24.0 Å². The summed E-state index contributed by atoms with van der Waals surface area (Å²) < 4.78 is 5.20. The summed E-state index contributed by atoms with van der Waals surface area (Å²) in [6.45, 7) is 0. The Kier molecular flexibility index (Phi) is 4.47. The standard InChI is InChI=1S/C14H11BrN2O3/c1-20-14(19)9-4-2-5-10(8-9)16-13(18)11-6-3-7-12(15)17-11/h2-8H,1H3,(H,16,18). The second kappa shape index (κ2) is 6.29. The zero-order valence-corrected chi connectivity index (χ0v) is 12.2. The molecule has 1 aromatic heterocycles. The zero-order valence-electron chi connectivity index (χ0n) is 10.6. The summed E-state index contributed by atoms with van der Waals surface area (Å²) in [5.74, 6) is -0.810. The molecule has 20 heavy (non-hydrogen) atoms. The van der Waals surface area contributed by atoms with Gasteiger partial charge in [-0.2, -0.15) is 0 Å². The minimum absolute atomic E-state index is 0.280. The fourth-order valence-electron chi connectivity index (χ4n) is 1.57. The number of amides is 1. The Labute approximate surface area is 124 Å². The minimum Gasteiger partial charge on any atom is -0.465 e. The molecule has 2 aromatic rings. The summed E-state index contributed by atoms with van der Waals surface area (Å²) in [7, 11) is 1.30. The number of aromatic nitrogens is 1. The van der Waals surface area contributed by atoms with Gasteiger partial charge in [-0.1, -0.05) is 12.1 Å². The summed E-state index contributed by atoms with van der Waals surface area (Å²) in [5.41, 5.74) is 1.15. The smallest absolute Gasteiger partial charge is 0.337 e. The number of hydrogen-bond donors (Lipinski definition) is 1. The third-order valence-corrected chi connectivity index (χ3v) is 2.93. The van der Waals surface area contributed by atoms with Crippen molar-refractivity contribution in [2.75, 3.05) is 12.4 Å². The first-order valence-corrected chi connectivity index (χ1v) is 6.52. The van der Waals surface area contributed by atoms with Crippen molar-refractivity contribution in [3.63, 3.8) is 0 Å². The number of hydrogen-bond acceptors (Lipinski definition) is 4. The number of nitrogens with zero attached hydrogens (tertiary/aromatic N) is 1. The predicted octanol–water partition coefficient (Wildman–Crippen LogP) is 2.88. The van der Waals surface area contributed by atoms with Crippen molar-refractivity contribution in [1.29, 1.82) is 0 Å². The molecular weight excluding hydrogens is 324 g/mol. The Bertz CT molecular complexity index is 658.